The van der Waals surface area contributed by atoms with E-state index in [2.05, 4.69) is 5.32 Å². The first kappa shape index (κ1) is 14.0. The minimum atomic E-state index is -0.647. The standard InChI is InChI=1S/C15H16N2O3/c1-11(15(18)12-5-3-2-4-6-12)16-13-7-9-14(10-8-13)17(19)20/h2-11,15-16,18H,1H3/t11-,15-/m0/s1. The van der Waals surface area contributed by atoms with Crippen molar-refractivity contribution in [3.63, 3.8) is 0 Å². The monoisotopic (exact) mass is 272 g/mol. The fraction of sp³-hybridized carbons (Fsp3) is 0.200. The van der Waals surface area contributed by atoms with Gasteiger partial charge in [0, 0.05) is 17.8 Å². The van der Waals surface area contributed by atoms with Crippen LogP contribution in [0.5, 0.6) is 0 Å². The van der Waals surface area contributed by atoms with Crippen LogP contribution in [0.3, 0.4) is 0 Å². The minimum absolute atomic E-state index is 0.0480. The molecule has 0 aliphatic heterocycles. The van der Waals surface area contributed by atoms with Gasteiger partial charge in [-0.15, -0.1) is 0 Å². The first-order valence-electron chi connectivity index (χ1n) is 6.32. The van der Waals surface area contributed by atoms with Gasteiger partial charge < -0.3 is 10.4 Å². The molecule has 0 fully saturated rings. The first-order valence-corrected chi connectivity index (χ1v) is 6.32. The highest BCUT2D eigenvalue weighted by atomic mass is 16.6. The van der Waals surface area contributed by atoms with Gasteiger partial charge in [-0.3, -0.25) is 10.1 Å². The van der Waals surface area contributed by atoms with Crippen LogP contribution in [0.2, 0.25) is 0 Å². The summed E-state index contributed by atoms with van der Waals surface area (Å²) in [6.45, 7) is 1.86. The van der Waals surface area contributed by atoms with Crippen molar-refractivity contribution in [1.82, 2.24) is 0 Å². The quantitative estimate of drug-likeness (QED) is 0.647. The summed E-state index contributed by atoms with van der Waals surface area (Å²) in [5, 5.41) is 23.9. The normalized spacial score (nSPS) is 13.5. The van der Waals surface area contributed by atoms with Crippen molar-refractivity contribution in [2.75, 3.05) is 5.32 Å². The lowest BCUT2D eigenvalue weighted by molar-refractivity contribution is -0.384. The van der Waals surface area contributed by atoms with E-state index < -0.39 is 11.0 Å². The molecule has 0 unspecified atom stereocenters. The molecule has 2 aromatic rings. The van der Waals surface area contributed by atoms with Crippen LogP contribution in [0.25, 0.3) is 0 Å². The Labute approximate surface area is 117 Å². The van der Waals surface area contributed by atoms with E-state index in [4.69, 9.17) is 0 Å². The van der Waals surface area contributed by atoms with Crippen molar-refractivity contribution in [3.05, 3.63) is 70.3 Å². The molecule has 0 amide bonds. The van der Waals surface area contributed by atoms with Crippen LogP contribution < -0.4 is 5.32 Å². The van der Waals surface area contributed by atoms with Crippen LogP contribution in [0.4, 0.5) is 11.4 Å². The molecule has 0 aliphatic carbocycles. The van der Waals surface area contributed by atoms with Gasteiger partial charge in [-0.1, -0.05) is 30.3 Å². The third kappa shape index (κ3) is 3.33. The maximum atomic E-state index is 10.6. The Balaban J connectivity index is 2.04. The molecule has 5 nitrogen and oxygen atoms in total. The number of hydrogen-bond acceptors (Lipinski definition) is 4. The summed E-state index contributed by atoms with van der Waals surface area (Å²) < 4.78 is 0. The number of aliphatic hydroxyl groups is 1. The van der Waals surface area contributed by atoms with Crippen LogP contribution in [-0.2, 0) is 0 Å². The molecule has 0 aliphatic rings. The number of nitro groups is 1. The Hall–Kier alpha value is -2.40. The van der Waals surface area contributed by atoms with Gasteiger partial charge in [-0.25, -0.2) is 0 Å². The molecular formula is C15H16N2O3. The maximum absolute atomic E-state index is 10.6. The highest BCUT2D eigenvalue weighted by Gasteiger charge is 2.16. The number of nitro benzene ring substituents is 1. The maximum Gasteiger partial charge on any atom is 0.269 e. The van der Waals surface area contributed by atoms with Crippen molar-refractivity contribution >= 4 is 11.4 Å². The van der Waals surface area contributed by atoms with E-state index in [1.807, 2.05) is 37.3 Å². The molecule has 0 saturated heterocycles. The topological polar surface area (TPSA) is 75.4 Å². The van der Waals surface area contributed by atoms with E-state index in [1.165, 1.54) is 12.1 Å². The lowest BCUT2D eigenvalue weighted by Gasteiger charge is -2.21. The minimum Gasteiger partial charge on any atom is -0.386 e. The zero-order chi connectivity index (χ0) is 14.5. The molecule has 0 bridgehead atoms. The third-order valence-corrected chi connectivity index (χ3v) is 3.09. The zero-order valence-electron chi connectivity index (χ0n) is 11.1. The van der Waals surface area contributed by atoms with Gasteiger partial charge in [0.2, 0.25) is 0 Å². The van der Waals surface area contributed by atoms with E-state index in [9.17, 15) is 15.2 Å². The SMILES string of the molecule is C[C@H](Nc1ccc([N+](=O)[O-])cc1)[C@H](O)c1ccccc1. The number of benzene rings is 2. The van der Waals surface area contributed by atoms with Crippen LogP contribution in [0.1, 0.15) is 18.6 Å². The van der Waals surface area contributed by atoms with E-state index in [0.29, 0.717) is 0 Å². The van der Waals surface area contributed by atoms with Crippen LogP contribution in [0.15, 0.2) is 54.6 Å². The predicted molar refractivity (Wildman–Crippen MR) is 77.6 cm³/mol. The summed E-state index contributed by atoms with van der Waals surface area (Å²) in [6.07, 6.45) is -0.647. The van der Waals surface area contributed by atoms with Gasteiger partial charge in [-0.05, 0) is 24.6 Å². The van der Waals surface area contributed by atoms with E-state index in [0.717, 1.165) is 11.3 Å². The lowest BCUT2D eigenvalue weighted by atomic mass is 10.0. The second kappa shape index (κ2) is 6.16. The van der Waals surface area contributed by atoms with Crippen LogP contribution >= 0.6 is 0 Å². The molecule has 0 heterocycles. The van der Waals surface area contributed by atoms with E-state index in [-0.39, 0.29) is 11.7 Å². The fourth-order valence-corrected chi connectivity index (χ4v) is 1.96. The van der Waals surface area contributed by atoms with Gasteiger partial charge in [0.05, 0.1) is 17.1 Å². The highest BCUT2D eigenvalue weighted by Crippen LogP contribution is 2.21. The summed E-state index contributed by atoms with van der Waals surface area (Å²) >= 11 is 0. The number of non-ortho nitro benzene ring substituents is 1. The number of nitrogens with zero attached hydrogens (tertiary/aromatic N) is 1. The van der Waals surface area contributed by atoms with Crippen molar-refractivity contribution < 1.29 is 10.0 Å². The molecule has 2 rings (SSSR count). The molecular weight excluding hydrogens is 256 g/mol. The average molecular weight is 272 g/mol. The van der Waals surface area contributed by atoms with Crippen molar-refractivity contribution in [3.8, 4) is 0 Å². The Morgan fingerprint density at radius 3 is 2.25 bits per heavy atom. The summed E-state index contributed by atoms with van der Waals surface area (Å²) in [7, 11) is 0. The Morgan fingerprint density at radius 1 is 1.10 bits per heavy atom. The Kier molecular flexibility index (Phi) is 4.32. The highest BCUT2D eigenvalue weighted by molar-refractivity contribution is 5.49. The van der Waals surface area contributed by atoms with Crippen molar-refractivity contribution in [2.24, 2.45) is 0 Å². The van der Waals surface area contributed by atoms with Crippen LogP contribution in [-0.4, -0.2) is 16.1 Å². The van der Waals surface area contributed by atoms with Gasteiger partial charge in [0.15, 0.2) is 0 Å². The predicted octanol–water partition coefficient (Wildman–Crippen LogP) is 3.13. The molecule has 104 valence electrons. The number of rotatable bonds is 5. The van der Waals surface area contributed by atoms with Gasteiger partial charge in [0.25, 0.3) is 5.69 Å². The van der Waals surface area contributed by atoms with Crippen molar-refractivity contribution in [2.45, 2.75) is 19.1 Å². The number of hydrogen-bond donors (Lipinski definition) is 2. The summed E-state index contributed by atoms with van der Waals surface area (Å²) in [4.78, 5) is 10.1. The number of nitrogens with one attached hydrogen (secondary N) is 1. The zero-order valence-corrected chi connectivity index (χ0v) is 11.1. The molecule has 0 aromatic heterocycles. The average Bonchev–Trinajstić information content (AvgIpc) is 2.48. The second-order valence-corrected chi connectivity index (χ2v) is 4.59. The lowest BCUT2D eigenvalue weighted by Crippen LogP contribution is -2.23. The number of aliphatic hydroxyl groups excluding tert-OH is 1. The molecule has 2 atom stereocenters. The van der Waals surface area contributed by atoms with Crippen molar-refractivity contribution in [1.29, 1.82) is 0 Å². The molecule has 5 heteroatoms. The second-order valence-electron chi connectivity index (χ2n) is 4.59. The molecule has 0 radical (unpaired) electrons. The smallest absolute Gasteiger partial charge is 0.269 e. The first-order chi connectivity index (χ1) is 9.58. The molecule has 20 heavy (non-hydrogen) atoms. The summed E-state index contributed by atoms with van der Waals surface area (Å²) in [6, 6.07) is 15.3. The Bertz CT molecular complexity index is 569. The molecule has 0 spiro atoms. The van der Waals surface area contributed by atoms with Gasteiger partial charge in [-0.2, -0.15) is 0 Å². The van der Waals surface area contributed by atoms with E-state index in [1.54, 1.807) is 12.1 Å². The van der Waals surface area contributed by atoms with Gasteiger partial charge >= 0.3 is 0 Å². The molecule has 0 saturated carbocycles. The molecule has 2 N–H and O–H groups in total. The van der Waals surface area contributed by atoms with Gasteiger partial charge in [0.1, 0.15) is 0 Å². The summed E-state index contributed by atoms with van der Waals surface area (Å²) in [5.41, 5.74) is 1.61. The fourth-order valence-electron chi connectivity index (χ4n) is 1.96. The third-order valence-electron chi connectivity index (χ3n) is 3.09. The van der Waals surface area contributed by atoms with E-state index >= 15 is 0 Å². The molecule has 2 aromatic carbocycles. The number of anilines is 1. The summed E-state index contributed by atoms with van der Waals surface area (Å²) in [5.74, 6) is 0. The van der Waals surface area contributed by atoms with Crippen LogP contribution in [0, 0.1) is 10.1 Å². The largest absolute Gasteiger partial charge is 0.386 e. The Morgan fingerprint density at radius 2 is 1.70 bits per heavy atom.